The lowest BCUT2D eigenvalue weighted by Crippen LogP contribution is -2.14. The van der Waals surface area contributed by atoms with Gasteiger partial charge in [-0.3, -0.25) is 0 Å². The molecule has 0 aromatic heterocycles. The van der Waals surface area contributed by atoms with Crippen molar-refractivity contribution in [1.82, 2.24) is 0 Å². The van der Waals surface area contributed by atoms with Crippen LogP contribution in [0.15, 0.2) is 42.5 Å². The van der Waals surface area contributed by atoms with Crippen molar-refractivity contribution in [3.8, 4) is 0 Å². The molecule has 0 amide bonds. The Bertz CT molecular complexity index is 490. The van der Waals surface area contributed by atoms with Gasteiger partial charge in [0.1, 0.15) is 0 Å². The Morgan fingerprint density at radius 1 is 1.00 bits per heavy atom. The highest BCUT2D eigenvalue weighted by molar-refractivity contribution is 8.00. The summed E-state index contributed by atoms with van der Waals surface area (Å²) in [7, 11) is 0. The van der Waals surface area contributed by atoms with E-state index in [4.69, 9.17) is 0 Å². The minimum Gasteiger partial charge on any atom is -0.316 e. The maximum Gasteiger partial charge on any atom is 0.0548 e. The first-order valence-electron chi connectivity index (χ1n) is 6.75. The molecule has 0 atom stereocenters. The van der Waals surface area contributed by atoms with Crippen molar-refractivity contribution in [3.63, 3.8) is 0 Å². The summed E-state index contributed by atoms with van der Waals surface area (Å²) in [6, 6.07) is 15.2. The van der Waals surface area contributed by atoms with Crippen molar-refractivity contribution >= 4 is 28.4 Å². The van der Waals surface area contributed by atoms with Crippen LogP contribution in [0.5, 0.6) is 0 Å². The van der Waals surface area contributed by atoms with E-state index in [1.807, 2.05) is 11.9 Å². The van der Waals surface area contributed by atoms with Crippen molar-refractivity contribution in [2.24, 2.45) is 0 Å². The van der Waals surface area contributed by atoms with Gasteiger partial charge >= 0.3 is 0 Å². The van der Waals surface area contributed by atoms with Crippen LogP contribution in [-0.2, 0) is 0 Å². The molecule has 0 fully saturated rings. The summed E-state index contributed by atoms with van der Waals surface area (Å²) in [6.07, 6.45) is 2.55. The zero-order valence-electron chi connectivity index (χ0n) is 11.2. The molecule has 2 aromatic rings. The summed E-state index contributed by atoms with van der Waals surface area (Å²) in [5.74, 6) is 1.20. The fraction of sp³-hybridized carbons (Fsp3) is 0.375. The molecule has 0 heterocycles. The third-order valence-electron chi connectivity index (χ3n) is 3.07. The molecule has 0 saturated heterocycles. The number of benzene rings is 2. The second-order valence-electron chi connectivity index (χ2n) is 4.38. The van der Waals surface area contributed by atoms with Gasteiger partial charge in [0.05, 0.1) is 5.69 Å². The fourth-order valence-electron chi connectivity index (χ4n) is 2.08. The Morgan fingerprint density at radius 3 is 2.56 bits per heavy atom. The van der Waals surface area contributed by atoms with E-state index >= 15 is 0 Å². The molecule has 0 radical (unpaired) electrons. The van der Waals surface area contributed by atoms with Gasteiger partial charge in [0.15, 0.2) is 0 Å². The van der Waals surface area contributed by atoms with Crippen LogP contribution in [-0.4, -0.2) is 12.3 Å². The molecule has 1 nitrogen and oxygen atoms in total. The van der Waals surface area contributed by atoms with Crippen LogP contribution in [0.2, 0.25) is 0 Å². The number of hydrogen-bond donors (Lipinski definition) is 0. The molecule has 2 aromatic carbocycles. The second kappa shape index (κ2) is 6.69. The van der Waals surface area contributed by atoms with Crippen LogP contribution in [0, 0.1) is 0 Å². The van der Waals surface area contributed by atoms with Crippen LogP contribution >= 0.6 is 11.9 Å². The molecule has 18 heavy (non-hydrogen) atoms. The molecular weight excluding hydrogens is 238 g/mol. The lowest BCUT2D eigenvalue weighted by Gasteiger charge is -2.23. The van der Waals surface area contributed by atoms with E-state index in [9.17, 15) is 0 Å². The number of anilines is 1. The SMILES string of the molecule is CCCCSN(CC)c1cccc2ccccc12. The van der Waals surface area contributed by atoms with E-state index in [1.165, 1.54) is 35.1 Å². The van der Waals surface area contributed by atoms with Gasteiger partial charge in [0.25, 0.3) is 0 Å². The lowest BCUT2D eigenvalue weighted by atomic mass is 10.1. The van der Waals surface area contributed by atoms with Crippen LogP contribution < -0.4 is 4.31 Å². The highest BCUT2D eigenvalue weighted by atomic mass is 32.2. The Morgan fingerprint density at radius 2 is 1.78 bits per heavy atom. The first-order chi connectivity index (χ1) is 8.86. The van der Waals surface area contributed by atoms with Gasteiger partial charge in [-0.2, -0.15) is 0 Å². The maximum absolute atomic E-state index is 2.41. The van der Waals surface area contributed by atoms with Gasteiger partial charge in [0.2, 0.25) is 0 Å². The lowest BCUT2D eigenvalue weighted by molar-refractivity contribution is 0.894. The van der Waals surface area contributed by atoms with E-state index in [0.29, 0.717) is 0 Å². The molecule has 2 rings (SSSR count). The van der Waals surface area contributed by atoms with Crippen LogP contribution in [0.1, 0.15) is 26.7 Å². The van der Waals surface area contributed by atoms with Crippen molar-refractivity contribution in [2.75, 3.05) is 16.6 Å². The number of nitrogens with zero attached hydrogens (tertiary/aromatic N) is 1. The molecule has 0 spiro atoms. The van der Waals surface area contributed by atoms with Crippen molar-refractivity contribution in [2.45, 2.75) is 26.7 Å². The molecular formula is C16H21NS. The molecule has 0 N–H and O–H groups in total. The molecule has 0 bridgehead atoms. The summed E-state index contributed by atoms with van der Waals surface area (Å²) in [4.78, 5) is 0. The van der Waals surface area contributed by atoms with Gasteiger partial charge < -0.3 is 4.31 Å². The van der Waals surface area contributed by atoms with E-state index in [-0.39, 0.29) is 0 Å². The third kappa shape index (κ3) is 2.99. The van der Waals surface area contributed by atoms with E-state index in [1.54, 1.807) is 0 Å². The second-order valence-corrected chi connectivity index (χ2v) is 5.49. The van der Waals surface area contributed by atoms with Crippen LogP contribution in [0.3, 0.4) is 0 Å². The fourth-order valence-corrected chi connectivity index (χ4v) is 3.20. The molecule has 0 unspecified atom stereocenters. The Kier molecular flexibility index (Phi) is 4.94. The summed E-state index contributed by atoms with van der Waals surface area (Å²) < 4.78 is 2.41. The topological polar surface area (TPSA) is 3.24 Å². The number of unbranched alkanes of at least 4 members (excludes halogenated alkanes) is 1. The van der Waals surface area contributed by atoms with Crippen molar-refractivity contribution in [1.29, 1.82) is 0 Å². The maximum atomic E-state index is 2.41. The molecule has 0 saturated carbocycles. The predicted octanol–water partition coefficient (Wildman–Crippen LogP) is 5.11. The highest BCUT2D eigenvalue weighted by Crippen LogP contribution is 2.30. The first kappa shape index (κ1) is 13.3. The Labute approximate surface area is 114 Å². The predicted molar refractivity (Wildman–Crippen MR) is 84.3 cm³/mol. The minimum atomic E-state index is 1.04. The number of rotatable bonds is 6. The summed E-state index contributed by atoms with van der Waals surface area (Å²) >= 11 is 1.95. The van der Waals surface area contributed by atoms with E-state index in [2.05, 4.69) is 60.6 Å². The zero-order valence-corrected chi connectivity index (χ0v) is 12.0. The third-order valence-corrected chi connectivity index (χ3v) is 4.31. The molecule has 0 aliphatic heterocycles. The highest BCUT2D eigenvalue weighted by Gasteiger charge is 2.08. The minimum absolute atomic E-state index is 1.04. The van der Waals surface area contributed by atoms with Gasteiger partial charge in [-0.25, -0.2) is 0 Å². The number of hydrogen-bond acceptors (Lipinski definition) is 2. The van der Waals surface area contributed by atoms with Crippen molar-refractivity contribution < 1.29 is 0 Å². The van der Waals surface area contributed by atoms with Gasteiger partial charge in [0, 0.05) is 17.7 Å². The van der Waals surface area contributed by atoms with Crippen LogP contribution in [0.4, 0.5) is 5.69 Å². The quantitative estimate of drug-likeness (QED) is 0.523. The standard InChI is InChI=1S/C16H21NS/c1-3-5-13-18-17(4-2)16-12-8-10-14-9-6-7-11-15(14)16/h6-12H,3-5,13H2,1-2H3. The average Bonchev–Trinajstić information content (AvgIpc) is 2.43. The molecule has 0 aliphatic carbocycles. The Hall–Kier alpha value is -1.15. The monoisotopic (exact) mass is 259 g/mol. The summed E-state index contributed by atoms with van der Waals surface area (Å²) in [6.45, 7) is 5.51. The summed E-state index contributed by atoms with van der Waals surface area (Å²) in [5, 5.41) is 2.68. The Balaban J connectivity index is 2.27. The molecule has 2 heteroatoms. The normalized spacial score (nSPS) is 10.8. The van der Waals surface area contributed by atoms with Gasteiger partial charge in [-0.1, -0.05) is 49.7 Å². The smallest absolute Gasteiger partial charge is 0.0548 e. The van der Waals surface area contributed by atoms with E-state index < -0.39 is 0 Å². The molecule has 0 aliphatic rings. The summed E-state index contributed by atoms with van der Waals surface area (Å²) in [5.41, 5.74) is 1.34. The van der Waals surface area contributed by atoms with Gasteiger partial charge in [-0.15, -0.1) is 0 Å². The van der Waals surface area contributed by atoms with E-state index in [0.717, 1.165) is 6.54 Å². The van der Waals surface area contributed by atoms with Gasteiger partial charge in [-0.05, 0) is 36.7 Å². The van der Waals surface area contributed by atoms with Crippen LogP contribution in [0.25, 0.3) is 10.8 Å². The zero-order chi connectivity index (χ0) is 12.8. The average molecular weight is 259 g/mol. The molecule has 96 valence electrons. The number of fused-ring (bicyclic) bond motifs is 1. The van der Waals surface area contributed by atoms with Crippen molar-refractivity contribution in [3.05, 3.63) is 42.5 Å². The largest absolute Gasteiger partial charge is 0.316 e. The first-order valence-corrected chi connectivity index (χ1v) is 7.69.